The van der Waals surface area contributed by atoms with E-state index in [1.165, 1.54) is 5.57 Å². The molecule has 0 fully saturated rings. The quantitative estimate of drug-likeness (QED) is 0.235. The van der Waals surface area contributed by atoms with E-state index in [-0.39, 0.29) is 0 Å². The number of imidazole rings is 1. The number of nitrogens with zero attached hydrogens (tertiary/aromatic N) is 4. The minimum Gasteiger partial charge on any atom is -0.437 e. The van der Waals surface area contributed by atoms with E-state index < -0.39 is 0 Å². The van der Waals surface area contributed by atoms with Crippen molar-refractivity contribution in [1.82, 2.24) is 19.4 Å². The van der Waals surface area contributed by atoms with Crippen LogP contribution >= 0.6 is 0 Å². The highest BCUT2D eigenvalue weighted by molar-refractivity contribution is 6.02. The van der Waals surface area contributed by atoms with Crippen LogP contribution in [0, 0.1) is 0 Å². The van der Waals surface area contributed by atoms with Gasteiger partial charge in [-0.25, -0.2) is 15.0 Å². The topological polar surface area (TPSA) is 56.2 Å². The van der Waals surface area contributed by atoms with Crippen LogP contribution in [0.25, 0.3) is 67.2 Å². The second kappa shape index (κ2) is 9.17. The van der Waals surface area contributed by atoms with Crippen molar-refractivity contribution in [1.29, 1.82) is 0 Å². The van der Waals surface area contributed by atoms with Gasteiger partial charge in [-0.1, -0.05) is 85.0 Å². The van der Waals surface area contributed by atoms with Gasteiger partial charge in [0, 0.05) is 22.7 Å². The Morgan fingerprint density at radius 3 is 2.30 bits per heavy atom. The zero-order chi connectivity index (χ0) is 26.5. The fourth-order valence-corrected chi connectivity index (χ4v) is 5.45. The summed E-state index contributed by atoms with van der Waals surface area (Å²) >= 11 is 0. The Morgan fingerprint density at radius 2 is 1.45 bits per heavy atom. The van der Waals surface area contributed by atoms with E-state index in [2.05, 4.69) is 79.0 Å². The Bertz CT molecular complexity index is 2100. The zero-order valence-corrected chi connectivity index (χ0v) is 21.7. The molecule has 190 valence electrons. The maximum atomic E-state index is 6.16. The molecule has 0 N–H and O–H groups in total. The van der Waals surface area contributed by atoms with Gasteiger partial charge in [-0.05, 0) is 59.9 Å². The van der Waals surface area contributed by atoms with Crippen LogP contribution in [0.4, 0.5) is 0 Å². The number of allylic oxidation sites excluding steroid dienone is 4. The van der Waals surface area contributed by atoms with Crippen LogP contribution in [0.3, 0.4) is 0 Å². The molecule has 4 heterocycles. The van der Waals surface area contributed by atoms with Crippen molar-refractivity contribution in [3.05, 3.63) is 127 Å². The zero-order valence-electron chi connectivity index (χ0n) is 21.7. The number of fused-ring (bicyclic) bond motifs is 5. The van der Waals surface area contributed by atoms with Crippen LogP contribution in [-0.2, 0) is 0 Å². The number of rotatable bonds is 4. The molecule has 1 aliphatic carbocycles. The standard InChI is InChI=1S/C35H24N4O/c1-3-9-24(10-4-1)29-21-30(25-11-5-2-6-12-25)37-34(36-29)26-17-15-23(16-18-26)27-19-20-32-38-33-28-13-7-8-14-31(28)40-35(33)39(32)22-27/h1-5,7-11,13-22H,6,12H2. The van der Waals surface area contributed by atoms with Gasteiger partial charge in [0.1, 0.15) is 16.7 Å². The minimum atomic E-state index is 0.729. The van der Waals surface area contributed by atoms with Gasteiger partial charge in [0.15, 0.2) is 5.82 Å². The summed E-state index contributed by atoms with van der Waals surface area (Å²) in [6.07, 6.45) is 10.6. The van der Waals surface area contributed by atoms with E-state index in [0.717, 1.165) is 80.2 Å². The first kappa shape index (κ1) is 22.7. The van der Waals surface area contributed by atoms with Crippen LogP contribution in [0.2, 0.25) is 0 Å². The lowest BCUT2D eigenvalue weighted by molar-refractivity contribution is 0.649. The van der Waals surface area contributed by atoms with Crippen LogP contribution < -0.4 is 0 Å². The Labute approximate surface area is 230 Å². The normalized spacial score (nSPS) is 13.3. The number of para-hydroxylation sites is 1. The lowest BCUT2D eigenvalue weighted by Crippen LogP contribution is -1.99. The van der Waals surface area contributed by atoms with Gasteiger partial charge in [-0.15, -0.1) is 0 Å². The summed E-state index contributed by atoms with van der Waals surface area (Å²) in [5.74, 6) is 0.729. The number of benzene rings is 3. The molecule has 0 amide bonds. The molecular weight excluding hydrogens is 492 g/mol. The van der Waals surface area contributed by atoms with E-state index >= 15 is 0 Å². The first-order valence-electron chi connectivity index (χ1n) is 13.5. The van der Waals surface area contributed by atoms with Gasteiger partial charge in [0.05, 0.1) is 11.4 Å². The fourth-order valence-electron chi connectivity index (χ4n) is 5.45. The van der Waals surface area contributed by atoms with Crippen molar-refractivity contribution >= 4 is 33.4 Å². The monoisotopic (exact) mass is 516 g/mol. The van der Waals surface area contributed by atoms with Crippen molar-refractivity contribution in [3.63, 3.8) is 0 Å². The molecule has 0 bridgehead atoms. The van der Waals surface area contributed by atoms with Crippen LogP contribution in [-0.4, -0.2) is 19.4 Å². The predicted molar refractivity (Wildman–Crippen MR) is 161 cm³/mol. The minimum absolute atomic E-state index is 0.729. The lowest BCUT2D eigenvalue weighted by atomic mass is 9.99. The molecule has 0 radical (unpaired) electrons. The third-order valence-electron chi connectivity index (χ3n) is 7.54. The summed E-state index contributed by atoms with van der Waals surface area (Å²) in [7, 11) is 0. The van der Waals surface area contributed by atoms with E-state index in [9.17, 15) is 0 Å². The van der Waals surface area contributed by atoms with Gasteiger partial charge in [-0.2, -0.15) is 0 Å². The molecule has 1 aliphatic rings. The Hall–Kier alpha value is -5.29. The van der Waals surface area contributed by atoms with Crippen molar-refractivity contribution in [2.75, 3.05) is 0 Å². The van der Waals surface area contributed by atoms with Crippen molar-refractivity contribution in [3.8, 4) is 33.8 Å². The summed E-state index contributed by atoms with van der Waals surface area (Å²) in [5, 5.41) is 1.03. The number of hydrogen-bond donors (Lipinski definition) is 0. The summed E-state index contributed by atoms with van der Waals surface area (Å²) < 4.78 is 8.19. The number of furan rings is 1. The van der Waals surface area contributed by atoms with E-state index in [1.54, 1.807) is 0 Å². The van der Waals surface area contributed by atoms with Gasteiger partial charge >= 0.3 is 0 Å². The molecule has 8 rings (SSSR count). The third-order valence-corrected chi connectivity index (χ3v) is 7.54. The van der Waals surface area contributed by atoms with Crippen molar-refractivity contribution in [2.45, 2.75) is 12.8 Å². The smallest absolute Gasteiger partial charge is 0.232 e. The maximum absolute atomic E-state index is 6.16. The first-order chi connectivity index (χ1) is 19.8. The summed E-state index contributed by atoms with van der Waals surface area (Å²) in [6, 6.07) is 33.1. The lowest BCUT2D eigenvalue weighted by Gasteiger charge is -2.13. The van der Waals surface area contributed by atoms with E-state index in [4.69, 9.17) is 19.4 Å². The van der Waals surface area contributed by atoms with Crippen LogP contribution in [0.15, 0.2) is 126 Å². The van der Waals surface area contributed by atoms with Crippen LogP contribution in [0.1, 0.15) is 18.5 Å². The van der Waals surface area contributed by atoms with E-state index in [1.807, 2.05) is 46.9 Å². The summed E-state index contributed by atoms with van der Waals surface area (Å²) in [4.78, 5) is 14.8. The number of aromatic nitrogens is 4. The molecule has 0 spiro atoms. The molecule has 40 heavy (non-hydrogen) atoms. The highest BCUT2D eigenvalue weighted by Gasteiger charge is 2.15. The second-order valence-corrected chi connectivity index (χ2v) is 10.1. The Balaban J connectivity index is 1.19. The molecule has 3 aromatic carbocycles. The van der Waals surface area contributed by atoms with Gasteiger partial charge in [0.25, 0.3) is 0 Å². The Morgan fingerprint density at radius 1 is 0.675 bits per heavy atom. The number of pyridine rings is 1. The molecule has 0 saturated heterocycles. The van der Waals surface area contributed by atoms with Crippen LogP contribution in [0.5, 0.6) is 0 Å². The fraction of sp³-hybridized carbons (Fsp3) is 0.0571. The molecule has 0 atom stereocenters. The Kier molecular flexibility index (Phi) is 5.20. The number of hydrogen-bond acceptors (Lipinski definition) is 4. The second-order valence-electron chi connectivity index (χ2n) is 10.1. The molecule has 5 nitrogen and oxygen atoms in total. The van der Waals surface area contributed by atoms with Crippen molar-refractivity contribution < 1.29 is 4.42 Å². The molecule has 0 saturated carbocycles. The van der Waals surface area contributed by atoms with Gasteiger partial charge < -0.3 is 4.42 Å². The SMILES string of the molecule is C1=CCCC(c2cc(-c3ccccc3)nc(-c3ccc(-c4ccc5nc6c7ccccc7oc6n5c4)cc3)n2)=C1. The van der Waals surface area contributed by atoms with Gasteiger partial charge in [-0.3, -0.25) is 4.40 Å². The predicted octanol–water partition coefficient (Wildman–Crippen LogP) is 8.76. The molecule has 5 heteroatoms. The molecule has 4 aromatic heterocycles. The third kappa shape index (κ3) is 3.83. The largest absolute Gasteiger partial charge is 0.437 e. The molecule has 0 unspecified atom stereocenters. The molecular formula is C35H24N4O. The highest BCUT2D eigenvalue weighted by atomic mass is 16.3. The van der Waals surface area contributed by atoms with E-state index in [0.29, 0.717) is 0 Å². The first-order valence-corrected chi connectivity index (χ1v) is 13.5. The highest BCUT2D eigenvalue weighted by Crippen LogP contribution is 2.32. The average molecular weight is 517 g/mol. The van der Waals surface area contributed by atoms with Gasteiger partial charge in [0.2, 0.25) is 5.71 Å². The molecule has 7 aromatic rings. The molecule has 0 aliphatic heterocycles. The van der Waals surface area contributed by atoms with Crippen molar-refractivity contribution in [2.24, 2.45) is 0 Å². The average Bonchev–Trinajstić information content (AvgIpc) is 3.58. The maximum Gasteiger partial charge on any atom is 0.232 e. The summed E-state index contributed by atoms with van der Waals surface area (Å²) in [5.41, 5.74) is 10.8. The summed E-state index contributed by atoms with van der Waals surface area (Å²) in [6.45, 7) is 0.